The van der Waals surface area contributed by atoms with E-state index in [0.29, 0.717) is 6.20 Å². The van der Waals surface area contributed by atoms with Gasteiger partial charge in [0.25, 0.3) is 11.8 Å². The van der Waals surface area contributed by atoms with Crippen molar-refractivity contribution in [1.29, 1.82) is 5.41 Å². The van der Waals surface area contributed by atoms with Gasteiger partial charge in [0.15, 0.2) is 0 Å². The molecular formula is C15H15F5N4O2. The number of carbonyl (C=O) groups is 2. The van der Waals surface area contributed by atoms with Gasteiger partial charge >= 0.3 is 6.18 Å². The van der Waals surface area contributed by atoms with Gasteiger partial charge in [0.2, 0.25) is 5.91 Å². The minimum Gasteiger partial charge on any atom is -0.343 e. The smallest absolute Gasteiger partial charge is 0.343 e. The average Bonchev–Trinajstić information content (AvgIpc) is 2.87. The Balaban J connectivity index is 2.08. The number of amides is 2. The van der Waals surface area contributed by atoms with E-state index in [1.165, 1.54) is 6.92 Å². The minimum absolute atomic E-state index is 0.143. The molecule has 1 aromatic rings. The van der Waals surface area contributed by atoms with Gasteiger partial charge in [0.05, 0.1) is 30.3 Å². The van der Waals surface area contributed by atoms with Crippen LogP contribution in [0.1, 0.15) is 29.3 Å². The molecule has 0 aromatic carbocycles. The van der Waals surface area contributed by atoms with Crippen molar-refractivity contribution < 1.29 is 31.5 Å². The first-order valence-electron chi connectivity index (χ1n) is 7.44. The highest BCUT2D eigenvalue weighted by Crippen LogP contribution is 2.33. The zero-order chi connectivity index (χ0) is 19.7. The average molecular weight is 378 g/mol. The molecule has 0 radical (unpaired) electrons. The molecule has 0 saturated carbocycles. The number of hydrogen-bond donors (Lipinski definition) is 2. The predicted molar refractivity (Wildman–Crippen MR) is 80.0 cm³/mol. The second kappa shape index (κ2) is 6.96. The number of alkyl halides is 5. The molecule has 2 amide bonds. The van der Waals surface area contributed by atoms with Crippen LogP contribution in [0, 0.1) is 5.41 Å². The summed E-state index contributed by atoms with van der Waals surface area (Å²) in [4.78, 5) is 28.2. The van der Waals surface area contributed by atoms with Gasteiger partial charge in [-0.25, -0.2) is 8.78 Å². The first kappa shape index (κ1) is 19.7. The van der Waals surface area contributed by atoms with Crippen LogP contribution in [0.15, 0.2) is 18.5 Å². The van der Waals surface area contributed by atoms with Crippen molar-refractivity contribution >= 4 is 17.5 Å². The lowest BCUT2D eigenvalue weighted by Gasteiger charge is -2.23. The van der Waals surface area contributed by atoms with Crippen molar-refractivity contribution in [2.75, 3.05) is 13.1 Å². The van der Waals surface area contributed by atoms with Gasteiger partial charge < -0.3 is 15.6 Å². The van der Waals surface area contributed by atoms with E-state index in [2.05, 4.69) is 4.98 Å². The molecule has 1 atom stereocenters. The lowest BCUT2D eigenvalue weighted by molar-refractivity contribution is -0.138. The number of pyridine rings is 1. The standard InChI is InChI=1S/C15H15F5N4O2/c1-8(21)11-4-14(16,17)7-24(11)12(25)6-23-13(26)9-2-3-22-5-10(9)15(18,19)20/h2-3,5,11,21H,4,6-7H2,1H3,(H,23,26)/t11-/m0/s1. The van der Waals surface area contributed by atoms with E-state index in [-0.39, 0.29) is 5.71 Å². The molecule has 0 aliphatic carbocycles. The van der Waals surface area contributed by atoms with Crippen LogP contribution in [-0.2, 0) is 11.0 Å². The number of aromatic nitrogens is 1. The third-order valence-electron chi connectivity index (χ3n) is 3.86. The summed E-state index contributed by atoms with van der Waals surface area (Å²) in [6.45, 7) is -0.401. The van der Waals surface area contributed by atoms with Crippen molar-refractivity contribution in [2.24, 2.45) is 0 Å². The van der Waals surface area contributed by atoms with Gasteiger partial charge in [-0.2, -0.15) is 13.2 Å². The highest BCUT2D eigenvalue weighted by Gasteiger charge is 2.47. The number of carbonyl (C=O) groups excluding carboxylic acids is 2. The maximum atomic E-state index is 13.5. The van der Waals surface area contributed by atoms with Gasteiger partial charge in [0, 0.05) is 24.5 Å². The summed E-state index contributed by atoms with van der Waals surface area (Å²) in [5.74, 6) is -5.25. The lowest BCUT2D eigenvalue weighted by atomic mass is 10.1. The van der Waals surface area contributed by atoms with E-state index in [9.17, 15) is 31.5 Å². The van der Waals surface area contributed by atoms with E-state index in [0.717, 1.165) is 17.2 Å². The quantitative estimate of drug-likeness (QED) is 0.622. The molecule has 1 aromatic heterocycles. The van der Waals surface area contributed by atoms with E-state index in [1.807, 2.05) is 5.32 Å². The molecular weight excluding hydrogens is 363 g/mol. The number of hydrogen-bond acceptors (Lipinski definition) is 4. The summed E-state index contributed by atoms with van der Waals surface area (Å²) in [5, 5.41) is 9.50. The van der Waals surface area contributed by atoms with Crippen LogP contribution < -0.4 is 5.32 Å². The first-order valence-corrected chi connectivity index (χ1v) is 7.44. The summed E-state index contributed by atoms with van der Waals surface area (Å²) in [6.07, 6.45) is -4.05. The lowest BCUT2D eigenvalue weighted by Crippen LogP contribution is -2.45. The Hall–Kier alpha value is -2.59. The Bertz CT molecular complexity index is 735. The number of likely N-dealkylation sites (tertiary alicyclic amines) is 1. The summed E-state index contributed by atoms with van der Waals surface area (Å²) < 4.78 is 65.6. The summed E-state index contributed by atoms with van der Waals surface area (Å²) in [5.41, 5.74) is -2.15. The Morgan fingerprint density at radius 2 is 2.08 bits per heavy atom. The molecule has 6 nitrogen and oxygen atoms in total. The fourth-order valence-electron chi connectivity index (χ4n) is 2.64. The van der Waals surface area contributed by atoms with E-state index in [1.54, 1.807) is 0 Å². The second-order valence-corrected chi connectivity index (χ2v) is 5.88. The van der Waals surface area contributed by atoms with Crippen LogP contribution in [0.4, 0.5) is 22.0 Å². The molecule has 11 heteroatoms. The Kier molecular flexibility index (Phi) is 5.28. The van der Waals surface area contributed by atoms with Crippen molar-refractivity contribution in [1.82, 2.24) is 15.2 Å². The Labute approximate surface area is 144 Å². The largest absolute Gasteiger partial charge is 0.418 e. The van der Waals surface area contributed by atoms with Crippen molar-refractivity contribution in [2.45, 2.75) is 31.5 Å². The molecule has 1 fully saturated rings. The molecule has 142 valence electrons. The summed E-state index contributed by atoms with van der Waals surface area (Å²) in [6, 6.07) is -0.266. The summed E-state index contributed by atoms with van der Waals surface area (Å²) in [7, 11) is 0. The molecule has 0 spiro atoms. The van der Waals surface area contributed by atoms with E-state index in [4.69, 9.17) is 5.41 Å². The van der Waals surface area contributed by atoms with Crippen LogP contribution in [0.2, 0.25) is 0 Å². The zero-order valence-corrected chi connectivity index (χ0v) is 13.5. The Morgan fingerprint density at radius 3 is 2.65 bits per heavy atom. The molecule has 1 aliphatic rings. The van der Waals surface area contributed by atoms with Gasteiger partial charge in [-0.1, -0.05) is 0 Å². The van der Waals surface area contributed by atoms with Gasteiger partial charge in [-0.15, -0.1) is 0 Å². The second-order valence-electron chi connectivity index (χ2n) is 5.88. The van der Waals surface area contributed by atoms with Crippen LogP contribution in [0.25, 0.3) is 0 Å². The van der Waals surface area contributed by atoms with Gasteiger partial charge in [0.1, 0.15) is 0 Å². The fourth-order valence-corrected chi connectivity index (χ4v) is 2.64. The number of nitrogens with one attached hydrogen (secondary N) is 2. The number of halogens is 5. The molecule has 2 N–H and O–H groups in total. The molecule has 26 heavy (non-hydrogen) atoms. The third kappa shape index (κ3) is 4.33. The first-order chi connectivity index (χ1) is 11.9. The molecule has 2 rings (SSSR count). The van der Waals surface area contributed by atoms with Crippen LogP contribution >= 0.6 is 0 Å². The maximum Gasteiger partial charge on any atom is 0.418 e. The molecule has 2 heterocycles. The maximum absolute atomic E-state index is 13.5. The van der Waals surface area contributed by atoms with Gasteiger partial charge in [-0.3, -0.25) is 14.6 Å². The fraction of sp³-hybridized carbons (Fsp3) is 0.467. The molecule has 0 bridgehead atoms. The number of rotatable bonds is 4. The minimum atomic E-state index is -4.82. The van der Waals surface area contributed by atoms with Crippen LogP contribution in [-0.4, -0.2) is 52.5 Å². The number of nitrogens with zero attached hydrogens (tertiary/aromatic N) is 2. The van der Waals surface area contributed by atoms with E-state index >= 15 is 0 Å². The highest BCUT2D eigenvalue weighted by atomic mass is 19.4. The third-order valence-corrected chi connectivity index (χ3v) is 3.86. The molecule has 0 unspecified atom stereocenters. The van der Waals surface area contributed by atoms with E-state index < -0.39 is 60.6 Å². The Morgan fingerprint density at radius 1 is 1.42 bits per heavy atom. The summed E-state index contributed by atoms with van der Waals surface area (Å²) >= 11 is 0. The normalized spacial score (nSPS) is 19.3. The van der Waals surface area contributed by atoms with Gasteiger partial charge in [-0.05, 0) is 13.0 Å². The van der Waals surface area contributed by atoms with Crippen LogP contribution in [0.5, 0.6) is 0 Å². The SMILES string of the molecule is CC(=N)[C@@H]1CC(F)(F)CN1C(=O)CNC(=O)c1ccncc1C(F)(F)F. The highest BCUT2D eigenvalue weighted by molar-refractivity contribution is 5.98. The van der Waals surface area contributed by atoms with Crippen molar-refractivity contribution in [3.05, 3.63) is 29.6 Å². The van der Waals surface area contributed by atoms with Crippen molar-refractivity contribution in [3.63, 3.8) is 0 Å². The molecule has 1 aliphatic heterocycles. The zero-order valence-electron chi connectivity index (χ0n) is 13.5. The van der Waals surface area contributed by atoms with Crippen molar-refractivity contribution in [3.8, 4) is 0 Å². The predicted octanol–water partition coefficient (Wildman–Crippen LogP) is 2.11. The molecule has 1 saturated heterocycles. The monoisotopic (exact) mass is 378 g/mol. The van der Waals surface area contributed by atoms with Crippen LogP contribution in [0.3, 0.4) is 0 Å². The topological polar surface area (TPSA) is 86.2 Å².